The van der Waals surface area contributed by atoms with Crippen LogP contribution in [-0.4, -0.2) is 65.1 Å². The first-order valence-electron chi connectivity index (χ1n) is 12.9. The summed E-state index contributed by atoms with van der Waals surface area (Å²) in [5, 5.41) is 15.7. The molecular formula is C27H35N5O4. The van der Waals surface area contributed by atoms with Crippen LogP contribution in [0.4, 0.5) is 5.82 Å². The second-order valence-electron chi connectivity index (χ2n) is 10.6. The summed E-state index contributed by atoms with van der Waals surface area (Å²) in [4.78, 5) is 35.7. The second-order valence-corrected chi connectivity index (χ2v) is 10.6. The van der Waals surface area contributed by atoms with Crippen molar-refractivity contribution in [3.8, 4) is 5.88 Å². The Kier molecular flexibility index (Phi) is 7.09. The van der Waals surface area contributed by atoms with E-state index in [4.69, 9.17) is 9.72 Å². The molecule has 1 saturated carbocycles. The molecule has 0 radical (unpaired) electrons. The number of likely N-dealkylation sites (tertiary alicyclic amines) is 1. The zero-order valence-corrected chi connectivity index (χ0v) is 20.8. The number of aromatic nitrogens is 2. The number of carboxylic acid groups (broad SMARTS) is 1. The molecule has 1 aliphatic carbocycles. The smallest absolute Gasteiger partial charge is 0.305 e. The quantitative estimate of drug-likeness (QED) is 0.463. The van der Waals surface area contributed by atoms with E-state index in [0.29, 0.717) is 11.4 Å². The van der Waals surface area contributed by atoms with Gasteiger partial charge in [-0.05, 0) is 67.7 Å². The zero-order chi connectivity index (χ0) is 25.1. The van der Waals surface area contributed by atoms with E-state index in [2.05, 4.69) is 32.7 Å². The van der Waals surface area contributed by atoms with E-state index in [0.717, 1.165) is 69.8 Å². The molecular weight excluding hydrogens is 458 g/mol. The van der Waals surface area contributed by atoms with Crippen LogP contribution in [0.15, 0.2) is 30.5 Å². The summed E-state index contributed by atoms with van der Waals surface area (Å²) in [7, 11) is 1.52. The van der Waals surface area contributed by atoms with Gasteiger partial charge in [0, 0.05) is 43.5 Å². The van der Waals surface area contributed by atoms with Gasteiger partial charge in [-0.25, -0.2) is 9.97 Å². The molecule has 0 bridgehead atoms. The molecule has 1 atom stereocenters. The number of methoxy groups -OCH3 is 1. The number of aryl methyl sites for hydroxylation is 2. The molecule has 0 aromatic carbocycles. The largest absolute Gasteiger partial charge is 0.481 e. The summed E-state index contributed by atoms with van der Waals surface area (Å²) in [6.07, 6.45) is 7.48. The Labute approximate surface area is 211 Å². The van der Waals surface area contributed by atoms with Crippen LogP contribution in [0.25, 0.3) is 0 Å². The Morgan fingerprint density at radius 1 is 1.28 bits per heavy atom. The highest BCUT2D eigenvalue weighted by atomic mass is 16.5. The number of carbonyl (C=O) groups excluding carboxylic acids is 1. The zero-order valence-electron chi connectivity index (χ0n) is 20.8. The number of anilines is 1. The maximum atomic E-state index is 12.9. The minimum Gasteiger partial charge on any atom is -0.481 e. The molecule has 2 aliphatic heterocycles. The Morgan fingerprint density at radius 3 is 2.83 bits per heavy atom. The van der Waals surface area contributed by atoms with Gasteiger partial charge in [0.15, 0.2) is 0 Å². The van der Waals surface area contributed by atoms with Gasteiger partial charge in [-0.15, -0.1) is 0 Å². The number of amides is 1. The summed E-state index contributed by atoms with van der Waals surface area (Å²) in [6, 6.07) is 7.21. The van der Waals surface area contributed by atoms with Crippen molar-refractivity contribution < 1.29 is 19.4 Å². The van der Waals surface area contributed by atoms with E-state index in [9.17, 15) is 14.7 Å². The van der Waals surface area contributed by atoms with Crippen LogP contribution in [0.5, 0.6) is 5.88 Å². The fraction of sp³-hybridized carbons (Fsp3) is 0.556. The first kappa shape index (κ1) is 24.5. The van der Waals surface area contributed by atoms with E-state index < -0.39 is 12.0 Å². The SMILES string of the molecule is COc1ccc([C@H](CC(=O)O)NC(=O)C2CC3(C2)CN(CCCc2ccc4c(n2)NCCC4)C3)cn1. The standard InChI is InChI=1S/C27H35N5O4/c1-36-23-9-7-19(15-29-23)22(12-24(33)34)31-26(35)20-13-27(14-20)16-32(17-27)11-3-5-21-8-6-18-4-2-10-28-25(18)30-21/h6-9,15,20,22H,2-5,10-14,16-17H2,1H3,(H,28,30)(H,31,35)(H,33,34)/t22-/m0/s1. The highest BCUT2D eigenvalue weighted by Gasteiger charge is 2.54. The Hall–Kier alpha value is -3.20. The van der Waals surface area contributed by atoms with Gasteiger partial charge >= 0.3 is 5.97 Å². The first-order chi connectivity index (χ1) is 17.4. The lowest BCUT2D eigenvalue weighted by molar-refractivity contribution is -0.145. The van der Waals surface area contributed by atoms with E-state index in [1.54, 1.807) is 18.3 Å². The number of carbonyl (C=O) groups is 2. The maximum Gasteiger partial charge on any atom is 0.305 e. The lowest BCUT2D eigenvalue weighted by atomic mass is 9.57. The van der Waals surface area contributed by atoms with Crippen molar-refractivity contribution in [1.82, 2.24) is 20.2 Å². The van der Waals surface area contributed by atoms with E-state index >= 15 is 0 Å². The maximum absolute atomic E-state index is 12.9. The van der Waals surface area contributed by atoms with Crippen molar-refractivity contribution in [2.24, 2.45) is 11.3 Å². The third-order valence-electron chi connectivity index (χ3n) is 7.77. The van der Waals surface area contributed by atoms with Gasteiger partial charge in [0.25, 0.3) is 0 Å². The van der Waals surface area contributed by atoms with Gasteiger partial charge in [-0.2, -0.15) is 0 Å². The molecule has 2 fully saturated rings. The molecule has 5 rings (SSSR count). The van der Waals surface area contributed by atoms with Crippen molar-refractivity contribution in [2.45, 2.75) is 51.0 Å². The summed E-state index contributed by atoms with van der Waals surface area (Å²) in [6.45, 7) is 4.14. The van der Waals surface area contributed by atoms with E-state index in [-0.39, 0.29) is 23.7 Å². The molecule has 3 N–H and O–H groups in total. The second kappa shape index (κ2) is 10.4. The molecule has 1 spiro atoms. The number of pyridine rings is 2. The molecule has 3 aliphatic rings. The number of fused-ring (bicyclic) bond motifs is 1. The summed E-state index contributed by atoms with van der Waals surface area (Å²) >= 11 is 0. The first-order valence-corrected chi connectivity index (χ1v) is 12.9. The van der Waals surface area contributed by atoms with Crippen LogP contribution in [0, 0.1) is 11.3 Å². The van der Waals surface area contributed by atoms with Gasteiger partial charge in [0.2, 0.25) is 11.8 Å². The average Bonchev–Trinajstić information content (AvgIpc) is 2.83. The van der Waals surface area contributed by atoms with Gasteiger partial charge in [-0.3, -0.25) is 9.59 Å². The van der Waals surface area contributed by atoms with Crippen molar-refractivity contribution in [1.29, 1.82) is 0 Å². The number of nitrogens with zero attached hydrogens (tertiary/aromatic N) is 3. The molecule has 1 amide bonds. The van der Waals surface area contributed by atoms with Crippen LogP contribution >= 0.6 is 0 Å². The van der Waals surface area contributed by atoms with Gasteiger partial charge in [-0.1, -0.05) is 12.1 Å². The topological polar surface area (TPSA) is 117 Å². The fourth-order valence-electron chi connectivity index (χ4n) is 5.92. The monoisotopic (exact) mass is 493 g/mol. The third-order valence-corrected chi connectivity index (χ3v) is 7.77. The Morgan fingerprint density at radius 2 is 2.11 bits per heavy atom. The van der Waals surface area contributed by atoms with Gasteiger partial charge < -0.3 is 25.4 Å². The van der Waals surface area contributed by atoms with Crippen LogP contribution in [-0.2, 0) is 22.4 Å². The number of carboxylic acids is 1. The average molecular weight is 494 g/mol. The molecule has 4 heterocycles. The molecule has 9 nitrogen and oxygen atoms in total. The van der Waals surface area contributed by atoms with Crippen molar-refractivity contribution in [3.63, 3.8) is 0 Å². The van der Waals surface area contributed by atoms with Crippen LogP contribution < -0.4 is 15.4 Å². The van der Waals surface area contributed by atoms with Crippen molar-refractivity contribution >= 4 is 17.7 Å². The van der Waals surface area contributed by atoms with Crippen molar-refractivity contribution in [3.05, 3.63) is 47.3 Å². The van der Waals surface area contributed by atoms with Crippen LogP contribution in [0.1, 0.15) is 55.0 Å². The number of hydrogen-bond acceptors (Lipinski definition) is 7. The van der Waals surface area contributed by atoms with Crippen molar-refractivity contribution in [2.75, 3.05) is 38.6 Å². The minimum absolute atomic E-state index is 0.0538. The molecule has 9 heteroatoms. The van der Waals surface area contributed by atoms with Gasteiger partial charge in [0.05, 0.1) is 19.6 Å². The van der Waals surface area contributed by atoms with E-state index in [1.165, 1.54) is 19.1 Å². The number of aliphatic carboxylic acids is 1. The summed E-state index contributed by atoms with van der Waals surface area (Å²) < 4.78 is 5.07. The molecule has 2 aromatic rings. The molecule has 2 aromatic heterocycles. The van der Waals surface area contributed by atoms with Gasteiger partial charge in [0.1, 0.15) is 5.82 Å². The lowest BCUT2D eigenvalue weighted by Crippen LogP contribution is -2.64. The van der Waals surface area contributed by atoms with E-state index in [1.807, 2.05) is 0 Å². The van der Waals surface area contributed by atoms with Crippen LogP contribution in [0.3, 0.4) is 0 Å². The third kappa shape index (κ3) is 5.46. The Balaban J connectivity index is 1.05. The predicted molar refractivity (Wildman–Crippen MR) is 135 cm³/mol. The predicted octanol–water partition coefficient (Wildman–Crippen LogP) is 2.82. The summed E-state index contributed by atoms with van der Waals surface area (Å²) in [5.74, 6) is 0.438. The highest BCUT2D eigenvalue weighted by Crippen LogP contribution is 2.52. The Bertz CT molecular complexity index is 1090. The van der Waals surface area contributed by atoms with Crippen LogP contribution in [0.2, 0.25) is 0 Å². The summed E-state index contributed by atoms with van der Waals surface area (Å²) in [5.41, 5.74) is 3.40. The molecule has 0 unspecified atom stereocenters. The highest BCUT2D eigenvalue weighted by molar-refractivity contribution is 5.81. The molecule has 1 saturated heterocycles. The minimum atomic E-state index is -0.960. The number of nitrogens with one attached hydrogen (secondary N) is 2. The number of hydrogen-bond donors (Lipinski definition) is 3. The number of rotatable bonds is 10. The molecule has 36 heavy (non-hydrogen) atoms. The lowest BCUT2D eigenvalue weighted by Gasteiger charge is -2.59. The molecule has 192 valence electrons. The normalized spacial score (nSPS) is 19.4. The number of ether oxygens (including phenoxy) is 1. The fourth-order valence-corrected chi connectivity index (χ4v) is 5.92.